The number of benzene rings is 1. The highest BCUT2D eigenvalue weighted by atomic mass is 127. The number of likely N-dealkylation sites (N-methyl/N-ethyl adjacent to an activating group) is 1. The third-order valence-corrected chi connectivity index (χ3v) is 6.10. The van der Waals surface area contributed by atoms with Crippen molar-refractivity contribution in [3.63, 3.8) is 0 Å². The Morgan fingerprint density at radius 1 is 1.00 bits per heavy atom. The smallest absolute Gasteiger partial charge is 0.193 e. The molecule has 0 unspecified atom stereocenters. The van der Waals surface area contributed by atoms with Gasteiger partial charge in [-0.2, -0.15) is 0 Å². The molecule has 2 saturated heterocycles. The lowest BCUT2D eigenvalue weighted by Crippen LogP contribution is -2.48. The van der Waals surface area contributed by atoms with Gasteiger partial charge < -0.3 is 24.8 Å². The number of piperazine rings is 1. The Bertz CT molecular complexity index is 599. The van der Waals surface area contributed by atoms with Crippen LogP contribution in [0.25, 0.3) is 0 Å². The van der Waals surface area contributed by atoms with Gasteiger partial charge in [0.15, 0.2) is 5.96 Å². The Morgan fingerprint density at radius 2 is 1.67 bits per heavy atom. The predicted octanol–water partition coefficient (Wildman–Crippen LogP) is 3.14. The van der Waals surface area contributed by atoms with Crippen LogP contribution in [0.5, 0.6) is 5.75 Å². The van der Waals surface area contributed by atoms with E-state index in [-0.39, 0.29) is 24.0 Å². The second-order valence-corrected chi connectivity index (χ2v) is 8.07. The highest BCUT2D eigenvalue weighted by Gasteiger charge is 2.22. The fraction of sp³-hybridized carbons (Fsp3) is 0.696. The highest BCUT2D eigenvalue weighted by molar-refractivity contribution is 14.0. The van der Waals surface area contributed by atoms with Gasteiger partial charge in [-0.15, -0.1) is 24.0 Å². The fourth-order valence-electron chi connectivity index (χ4n) is 4.20. The lowest BCUT2D eigenvalue weighted by atomic mass is 10.1. The van der Waals surface area contributed by atoms with Gasteiger partial charge in [-0.25, -0.2) is 0 Å². The first-order valence-electron chi connectivity index (χ1n) is 11.4. The van der Waals surface area contributed by atoms with Crippen LogP contribution < -0.4 is 10.1 Å². The van der Waals surface area contributed by atoms with Gasteiger partial charge in [-0.3, -0.25) is 4.99 Å². The second-order valence-electron chi connectivity index (χ2n) is 8.07. The zero-order valence-electron chi connectivity index (χ0n) is 18.8. The van der Waals surface area contributed by atoms with E-state index in [9.17, 15) is 0 Å². The van der Waals surface area contributed by atoms with Crippen molar-refractivity contribution in [3.05, 3.63) is 30.3 Å². The topological polar surface area (TPSA) is 43.3 Å². The highest BCUT2D eigenvalue weighted by Crippen LogP contribution is 2.18. The second kappa shape index (κ2) is 14.1. The molecule has 2 heterocycles. The predicted molar refractivity (Wildman–Crippen MR) is 136 cm³/mol. The maximum atomic E-state index is 6.11. The number of piperidine rings is 1. The Hall–Kier alpha value is -1.06. The molecule has 2 aliphatic heterocycles. The summed E-state index contributed by atoms with van der Waals surface area (Å²) in [6.45, 7) is 12.6. The quantitative estimate of drug-likeness (QED) is 0.243. The zero-order chi connectivity index (χ0) is 20.3. The number of aliphatic imine (C=N–C) groups is 1. The van der Waals surface area contributed by atoms with Gasteiger partial charge in [0.2, 0.25) is 0 Å². The van der Waals surface area contributed by atoms with E-state index in [4.69, 9.17) is 4.74 Å². The minimum Gasteiger partial charge on any atom is -0.490 e. The molecule has 0 spiro atoms. The Kier molecular flexibility index (Phi) is 11.8. The van der Waals surface area contributed by atoms with E-state index in [0.29, 0.717) is 6.10 Å². The zero-order valence-corrected chi connectivity index (χ0v) is 21.1. The number of likely N-dealkylation sites (tertiary alicyclic amines) is 1. The SMILES string of the molecule is CCN1CCN(CCCCNC(=NC)N2CCC(Oc3ccccc3)CC2)CC1.I. The molecule has 0 radical (unpaired) electrons. The summed E-state index contributed by atoms with van der Waals surface area (Å²) < 4.78 is 6.11. The van der Waals surface area contributed by atoms with Crippen molar-refractivity contribution in [2.75, 3.05) is 66.0 Å². The molecule has 2 aliphatic rings. The lowest BCUT2D eigenvalue weighted by Gasteiger charge is -2.34. The third kappa shape index (κ3) is 8.23. The van der Waals surface area contributed by atoms with E-state index in [1.54, 1.807) is 0 Å². The van der Waals surface area contributed by atoms with Crippen LogP contribution in [-0.4, -0.2) is 92.7 Å². The molecule has 30 heavy (non-hydrogen) atoms. The van der Waals surface area contributed by atoms with E-state index in [1.807, 2.05) is 37.4 Å². The van der Waals surface area contributed by atoms with E-state index in [0.717, 1.165) is 44.2 Å². The molecule has 7 heteroatoms. The molecule has 1 N–H and O–H groups in total. The summed E-state index contributed by atoms with van der Waals surface area (Å²) in [5.41, 5.74) is 0. The third-order valence-electron chi connectivity index (χ3n) is 6.10. The van der Waals surface area contributed by atoms with Crippen LogP contribution in [-0.2, 0) is 0 Å². The van der Waals surface area contributed by atoms with Gasteiger partial charge in [-0.1, -0.05) is 25.1 Å². The molecule has 0 aromatic heterocycles. The number of halogens is 1. The Morgan fingerprint density at radius 3 is 2.30 bits per heavy atom. The minimum absolute atomic E-state index is 0. The fourth-order valence-corrected chi connectivity index (χ4v) is 4.20. The molecule has 3 rings (SSSR count). The van der Waals surface area contributed by atoms with E-state index in [1.165, 1.54) is 52.1 Å². The molecule has 0 saturated carbocycles. The van der Waals surface area contributed by atoms with Gasteiger partial charge in [0.1, 0.15) is 11.9 Å². The van der Waals surface area contributed by atoms with Gasteiger partial charge in [0.25, 0.3) is 0 Å². The molecule has 6 nitrogen and oxygen atoms in total. The van der Waals surface area contributed by atoms with Crippen LogP contribution in [0.4, 0.5) is 0 Å². The maximum absolute atomic E-state index is 6.11. The number of ether oxygens (including phenoxy) is 1. The molecule has 2 fully saturated rings. The van der Waals surface area contributed by atoms with Crippen molar-refractivity contribution in [1.82, 2.24) is 20.0 Å². The van der Waals surface area contributed by atoms with Crippen LogP contribution in [0.2, 0.25) is 0 Å². The molecule has 0 amide bonds. The summed E-state index contributed by atoms with van der Waals surface area (Å²) in [4.78, 5) is 12.0. The van der Waals surface area contributed by atoms with Gasteiger partial charge >= 0.3 is 0 Å². The lowest BCUT2D eigenvalue weighted by molar-refractivity contribution is 0.129. The number of guanidine groups is 1. The van der Waals surface area contributed by atoms with Crippen LogP contribution in [0.15, 0.2) is 35.3 Å². The average molecular weight is 530 g/mol. The molecule has 0 bridgehead atoms. The van der Waals surface area contributed by atoms with E-state index < -0.39 is 0 Å². The number of hydrogen-bond donors (Lipinski definition) is 1. The minimum atomic E-state index is 0. The number of nitrogens with one attached hydrogen (secondary N) is 1. The number of hydrogen-bond acceptors (Lipinski definition) is 4. The van der Waals surface area contributed by atoms with Gasteiger partial charge in [0, 0.05) is 65.7 Å². The van der Waals surface area contributed by atoms with E-state index in [2.05, 4.69) is 31.9 Å². The largest absolute Gasteiger partial charge is 0.490 e. The molecular weight excluding hydrogens is 489 g/mol. The van der Waals surface area contributed by atoms with Crippen molar-refractivity contribution < 1.29 is 4.74 Å². The summed E-state index contributed by atoms with van der Waals surface area (Å²) in [5.74, 6) is 2.02. The number of para-hydroxylation sites is 1. The molecule has 170 valence electrons. The first kappa shape index (κ1) is 25.2. The first-order chi connectivity index (χ1) is 14.3. The molecule has 0 aliphatic carbocycles. The van der Waals surface area contributed by atoms with Crippen molar-refractivity contribution in [2.24, 2.45) is 4.99 Å². The van der Waals surface area contributed by atoms with Gasteiger partial charge in [-0.05, 0) is 38.1 Å². The van der Waals surface area contributed by atoms with Crippen molar-refractivity contribution >= 4 is 29.9 Å². The number of unbranched alkanes of at least 4 members (excludes halogenated alkanes) is 1. The maximum Gasteiger partial charge on any atom is 0.193 e. The van der Waals surface area contributed by atoms with Crippen LogP contribution in [0, 0.1) is 0 Å². The van der Waals surface area contributed by atoms with Crippen LogP contribution >= 0.6 is 24.0 Å². The Labute approximate surface area is 200 Å². The molecule has 1 aromatic carbocycles. The normalized spacial score (nSPS) is 19.4. The number of rotatable bonds is 8. The average Bonchev–Trinajstić information content (AvgIpc) is 2.78. The monoisotopic (exact) mass is 529 g/mol. The molecule has 0 atom stereocenters. The van der Waals surface area contributed by atoms with Crippen molar-refractivity contribution in [3.8, 4) is 5.75 Å². The summed E-state index contributed by atoms with van der Waals surface area (Å²) in [6, 6.07) is 10.2. The number of nitrogens with zero attached hydrogens (tertiary/aromatic N) is 4. The van der Waals surface area contributed by atoms with Gasteiger partial charge in [0.05, 0.1) is 0 Å². The van der Waals surface area contributed by atoms with Crippen LogP contribution in [0.3, 0.4) is 0 Å². The van der Waals surface area contributed by atoms with E-state index >= 15 is 0 Å². The summed E-state index contributed by atoms with van der Waals surface area (Å²) in [5, 5.41) is 3.57. The van der Waals surface area contributed by atoms with Crippen molar-refractivity contribution in [1.29, 1.82) is 0 Å². The summed E-state index contributed by atoms with van der Waals surface area (Å²) in [7, 11) is 1.89. The molecule has 1 aromatic rings. The van der Waals surface area contributed by atoms with Crippen molar-refractivity contribution in [2.45, 2.75) is 38.7 Å². The molecular formula is C23H40IN5O. The summed E-state index contributed by atoms with van der Waals surface area (Å²) >= 11 is 0. The Balaban J connectivity index is 0.00000320. The standard InChI is InChI=1S/C23H39N5O.HI/c1-3-26-17-19-27(20-18-26)14-8-7-13-25-23(24-2)28-15-11-22(12-16-28)29-21-9-5-4-6-10-21;/h4-6,9-10,22H,3,7-8,11-20H2,1-2H3,(H,24,25);1H. The summed E-state index contributed by atoms with van der Waals surface area (Å²) in [6.07, 6.45) is 4.84. The van der Waals surface area contributed by atoms with Crippen LogP contribution in [0.1, 0.15) is 32.6 Å². The first-order valence-corrected chi connectivity index (χ1v) is 11.4.